The maximum Gasteiger partial charge on any atom is 0.321 e. The molecule has 0 aromatic rings. The number of aliphatic hydroxyl groups excluding tert-OH is 1. The summed E-state index contributed by atoms with van der Waals surface area (Å²) < 4.78 is 16.4. The van der Waals surface area contributed by atoms with Crippen molar-refractivity contribution in [2.24, 2.45) is 0 Å². The van der Waals surface area contributed by atoms with Gasteiger partial charge in [-0.05, 0) is 20.3 Å². The first-order chi connectivity index (χ1) is 6.52. The summed E-state index contributed by atoms with van der Waals surface area (Å²) in [5.41, 5.74) is 0. The zero-order valence-electron chi connectivity index (χ0n) is 8.86. The average molecular weight is 222 g/mol. The molecule has 0 saturated carbocycles. The van der Waals surface area contributed by atoms with Crippen molar-refractivity contribution in [1.29, 1.82) is 0 Å². The SMILES string of the molecule is CCC(C(=O)OC(C)C)S(=O)CCO. The maximum atomic E-state index is 11.4. The Hall–Kier alpha value is -0.420. The summed E-state index contributed by atoms with van der Waals surface area (Å²) in [6, 6.07) is 0. The van der Waals surface area contributed by atoms with Gasteiger partial charge in [0.05, 0.1) is 12.7 Å². The maximum absolute atomic E-state index is 11.4. The Morgan fingerprint density at radius 1 is 1.50 bits per heavy atom. The summed E-state index contributed by atoms with van der Waals surface area (Å²) in [7, 11) is -1.33. The van der Waals surface area contributed by atoms with Gasteiger partial charge in [0, 0.05) is 16.6 Å². The van der Waals surface area contributed by atoms with Gasteiger partial charge in [-0.15, -0.1) is 0 Å². The van der Waals surface area contributed by atoms with Crippen molar-refractivity contribution in [3.05, 3.63) is 0 Å². The molecule has 0 aliphatic heterocycles. The van der Waals surface area contributed by atoms with Gasteiger partial charge < -0.3 is 9.84 Å². The lowest BCUT2D eigenvalue weighted by atomic mass is 10.3. The molecule has 2 unspecified atom stereocenters. The highest BCUT2D eigenvalue weighted by atomic mass is 32.2. The first kappa shape index (κ1) is 13.6. The van der Waals surface area contributed by atoms with Crippen molar-refractivity contribution < 1.29 is 18.8 Å². The first-order valence-electron chi connectivity index (χ1n) is 4.71. The van der Waals surface area contributed by atoms with Crippen molar-refractivity contribution in [3.63, 3.8) is 0 Å². The van der Waals surface area contributed by atoms with Crippen molar-refractivity contribution in [1.82, 2.24) is 0 Å². The molecule has 1 N–H and O–H groups in total. The molecular weight excluding hydrogens is 204 g/mol. The topological polar surface area (TPSA) is 63.6 Å². The molecule has 0 saturated heterocycles. The molecule has 0 spiro atoms. The summed E-state index contributed by atoms with van der Waals surface area (Å²) in [5.74, 6) is -0.305. The minimum absolute atomic E-state index is 0.131. The Kier molecular flexibility index (Phi) is 6.74. The molecule has 0 radical (unpaired) electrons. The van der Waals surface area contributed by atoms with E-state index in [2.05, 4.69) is 0 Å². The Morgan fingerprint density at radius 2 is 2.07 bits per heavy atom. The van der Waals surface area contributed by atoms with Crippen molar-refractivity contribution in [3.8, 4) is 0 Å². The molecule has 2 atom stereocenters. The van der Waals surface area contributed by atoms with Gasteiger partial charge in [-0.3, -0.25) is 9.00 Å². The highest BCUT2D eigenvalue weighted by molar-refractivity contribution is 7.86. The van der Waals surface area contributed by atoms with Crippen LogP contribution in [0.25, 0.3) is 0 Å². The average Bonchev–Trinajstić information content (AvgIpc) is 2.04. The second-order valence-corrected chi connectivity index (χ2v) is 4.93. The fourth-order valence-corrected chi connectivity index (χ4v) is 2.11. The van der Waals surface area contributed by atoms with Gasteiger partial charge in [0.1, 0.15) is 5.25 Å². The number of ether oxygens (including phenoxy) is 1. The van der Waals surface area contributed by atoms with Gasteiger partial charge in [-0.1, -0.05) is 6.92 Å². The summed E-state index contributed by atoms with van der Waals surface area (Å²) in [6.45, 7) is 5.11. The van der Waals surface area contributed by atoms with Crippen LogP contribution in [0, 0.1) is 0 Å². The molecule has 14 heavy (non-hydrogen) atoms. The number of carbonyl (C=O) groups excluding carboxylic acids is 1. The van der Waals surface area contributed by atoms with Crippen molar-refractivity contribution >= 4 is 16.8 Å². The van der Waals surface area contributed by atoms with Gasteiger partial charge >= 0.3 is 5.97 Å². The van der Waals surface area contributed by atoms with Crippen LogP contribution in [0.1, 0.15) is 27.2 Å². The molecular formula is C9H18O4S. The molecule has 5 heteroatoms. The summed E-state index contributed by atoms with van der Waals surface area (Å²) in [6.07, 6.45) is 0.278. The van der Waals surface area contributed by atoms with Crippen LogP contribution in [0.5, 0.6) is 0 Å². The third-order valence-corrected chi connectivity index (χ3v) is 3.34. The van der Waals surface area contributed by atoms with E-state index in [4.69, 9.17) is 9.84 Å². The third-order valence-electron chi connectivity index (χ3n) is 1.60. The van der Waals surface area contributed by atoms with Crippen LogP contribution in [0.3, 0.4) is 0 Å². The van der Waals surface area contributed by atoms with E-state index in [9.17, 15) is 9.00 Å². The number of hydrogen-bond acceptors (Lipinski definition) is 4. The van der Waals surface area contributed by atoms with Crippen molar-refractivity contribution in [2.45, 2.75) is 38.5 Å². The minimum Gasteiger partial charge on any atom is -0.462 e. The second-order valence-electron chi connectivity index (χ2n) is 3.19. The third kappa shape index (κ3) is 4.72. The molecule has 0 rings (SSSR count). The Labute approximate surface area is 87.1 Å². The standard InChI is InChI=1S/C9H18O4S/c1-4-8(14(12)6-5-10)9(11)13-7(2)3/h7-8,10H,4-6H2,1-3H3. The van der Waals surface area contributed by atoms with E-state index in [0.29, 0.717) is 6.42 Å². The molecule has 4 nitrogen and oxygen atoms in total. The monoisotopic (exact) mass is 222 g/mol. The summed E-state index contributed by atoms with van der Waals surface area (Å²) in [5, 5.41) is 7.99. The van der Waals surface area contributed by atoms with E-state index >= 15 is 0 Å². The van der Waals surface area contributed by atoms with E-state index in [1.807, 2.05) is 0 Å². The highest BCUT2D eigenvalue weighted by Gasteiger charge is 2.24. The Balaban J connectivity index is 4.25. The lowest BCUT2D eigenvalue weighted by Crippen LogP contribution is -2.31. The first-order valence-corrected chi connectivity index (χ1v) is 6.09. The van der Waals surface area contributed by atoms with E-state index in [1.165, 1.54) is 0 Å². The van der Waals surface area contributed by atoms with Crippen molar-refractivity contribution in [2.75, 3.05) is 12.4 Å². The molecule has 0 aromatic carbocycles. The Bertz CT molecular complexity index is 203. The molecule has 0 heterocycles. The lowest BCUT2D eigenvalue weighted by molar-refractivity contribution is -0.146. The minimum atomic E-state index is -1.33. The van der Waals surface area contributed by atoms with Gasteiger partial charge in [0.15, 0.2) is 0 Å². The fraction of sp³-hybridized carbons (Fsp3) is 0.889. The van der Waals surface area contributed by atoms with E-state index < -0.39 is 22.0 Å². The van der Waals surface area contributed by atoms with Crippen LogP contribution >= 0.6 is 0 Å². The quantitative estimate of drug-likeness (QED) is 0.663. The molecule has 0 bridgehead atoms. The Morgan fingerprint density at radius 3 is 2.43 bits per heavy atom. The number of carbonyl (C=O) groups is 1. The smallest absolute Gasteiger partial charge is 0.321 e. The van der Waals surface area contributed by atoms with Gasteiger partial charge in [-0.2, -0.15) is 0 Å². The van der Waals surface area contributed by atoms with Crippen LogP contribution in [-0.2, 0) is 20.3 Å². The molecule has 0 aliphatic carbocycles. The highest BCUT2D eigenvalue weighted by Crippen LogP contribution is 2.06. The van der Waals surface area contributed by atoms with Gasteiger partial charge in [0.2, 0.25) is 0 Å². The molecule has 0 amide bonds. The van der Waals surface area contributed by atoms with E-state index in [1.54, 1.807) is 20.8 Å². The number of aliphatic hydroxyl groups is 1. The predicted molar refractivity (Wildman–Crippen MR) is 55.4 cm³/mol. The largest absolute Gasteiger partial charge is 0.462 e. The van der Waals surface area contributed by atoms with E-state index in [-0.39, 0.29) is 18.5 Å². The zero-order valence-corrected chi connectivity index (χ0v) is 9.67. The van der Waals surface area contributed by atoms with Crippen LogP contribution in [0.2, 0.25) is 0 Å². The second kappa shape index (κ2) is 6.95. The zero-order chi connectivity index (χ0) is 11.1. The predicted octanol–water partition coefficient (Wildman–Crippen LogP) is 0.458. The summed E-state index contributed by atoms with van der Waals surface area (Å²) in [4.78, 5) is 11.4. The lowest BCUT2D eigenvalue weighted by Gasteiger charge is -2.15. The number of hydrogen-bond donors (Lipinski definition) is 1. The van der Waals surface area contributed by atoms with Crippen LogP contribution in [0.15, 0.2) is 0 Å². The fourth-order valence-electron chi connectivity index (χ4n) is 1.00. The molecule has 0 fully saturated rings. The number of rotatable bonds is 6. The number of esters is 1. The van der Waals surface area contributed by atoms with Crippen LogP contribution in [0.4, 0.5) is 0 Å². The van der Waals surface area contributed by atoms with Gasteiger partial charge in [-0.25, -0.2) is 0 Å². The summed E-state index contributed by atoms with van der Waals surface area (Å²) >= 11 is 0. The van der Waals surface area contributed by atoms with Gasteiger partial charge in [0.25, 0.3) is 0 Å². The molecule has 84 valence electrons. The molecule has 0 aliphatic rings. The van der Waals surface area contributed by atoms with Crippen LogP contribution < -0.4 is 0 Å². The van der Waals surface area contributed by atoms with E-state index in [0.717, 1.165) is 0 Å². The van der Waals surface area contributed by atoms with Crippen LogP contribution in [-0.4, -0.2) is 39.0 Å². The molecule has 0 aromatic heterocycles. The normalized spacial score (nSPS) is 15.2.